The largest absolute Gasteiger partial charge is 0.478 e. The highest BCUT2D eigenvalue weighted by Gasteiger charge is 2.15. The van der Waals surface area contributed by atoms with Gasteiger partial charge in [-0.05, 0) is 40.2 Å². The van der Waals surface area contributed by atoms with E-state index >= 15 is 0 Å². The second-order valence-electron chi connectivity index (χ2n) is 4.05. The Morgan fingerprint density at radius 2 is 2.00 bits per heavy atom. The van der Waals surface area contributed by atoms with Crippen LogP contribution in [0.4, 0.5) is 17.1 Å². The number of nitro benzene ring substituents is 1. The fourth-order valence-corrected chi connectivity index (χ4v) is 2.16. The van der Waals surface area contributed by atoms with Crippen molar-refractivity contribution >= 4 is 50.6 Å². The van der Waals surface area contributed by atoms with E-state index in [1.165, 1.54) is 12.1 Å². The summed E-state index contributed by atoms with van der Waals surface area (Å²) in [6, 6.07) is 8.41. The zero-order chi connectivity index (χ0) is 15.6. The number of rotatable bonds is 4. The van der Waals surface area contributed by atoms with E-state index in [2.05, 4.69) is 21.2 Å². The third kappa shape index (κ3) is 3.50. The van der Waals surface area contributed by atoms with Crippen LogP contribution in [0.25, 0.3) is 0 Å². The number of nitrogens with one attached hydrogen (secondary N) is 1. The van der Waals surface area contributed by atoms with Crippen LogP contribution in [-0.2, 0) is 0 Å². The average molecular weight is 372 g/mol. The molecule has 0 aliphatic carbocycles. The van der Waals surface area contributed by atoms with Crippen molar-refractivity contribution in [3.05, 3.63) is 61.6 Å². The first kappa shape index (κ1) is 15.3. The summed E-state index contributed by atoms with van der Waals surface area (Å²) in [6.45, 7) is 0. The van der Waals surface area contributed by atoms with Gasteiger partial charge in [-0.2, -0.15) is 0 Å². The minimum atomic E-state index is -1.18. The molecule has 2 rings (SSSR count). The smallest absolute Gasteiger partial charge is 0.337 e. The lowest BCUT2D eigenvalue weighted by atomic mass is 10.1. The van der Waals surface area contributed by atoms with Gasteiger partial charge in [-0.1, -0.05) is 11.6 Å². The first-order chi connectivity index (χ1) is 9.88. The Labute approximate surface area is 132 Å². The Hall–Kier alpha value is -2.12. The molecule has 6 nitrogen and oxygen atoms in total. The van der Waals surface area contributed by atoms with Crippen molar-refractivity contribution in [1.29, 1.82) is 0 Å². The van der Waals surface area contributed by atoms with E-state index < -0.39 is 10.9 Å². The molecule has 0 amide bonds. The van der Waals surface area contributed by atoms with E-state index in [4.69, 9.17) is 16.7 Å². The van der Waals surface area contributed by atoms with E-state index in [0.29, 0.717) is 15.2 Å². The molecule has 0 atom stereocenters. The molecule has 0 saturated heterocycles. The van der Waals surface area contributed by atoms with Crippen LogP contribution in [0.5, 0.6) is 0 Å². The molecule has 108 valence electrons. The highest BCUT2D eigenvalue weighted by Crippen LogP contribution is 2.30. The van der Waals surface area contributed by atoms with E-state index in [1.54, 1.807) is 18.2 Å². The van der Waals surface area contributed by atoms with Crippen molar-refractivity contribution in [2.45, 2.75) is 0 Å². The molecule has 0 unspecified atom stereocenters. The maximum Gasteiger partial charge on any atom is 0.337 e. The molecule has 2 N–H and O–H groups in total. The third-order valence-electron chi connectivity index (χ3n) is 2.64. The van der Waals surface area contributed by atoms with E-state index in [9.17, 15) is 14.9 Å². The molecule has 0 spiro atoms. The number of halogens is 2. The number of anilines is 2. The summed E-state index contributed by atoms with van der Waals surface area (Å²) in [5, 5.41) is 23.3. The lowest BCUT2D eigenvalue weighted by Gasteiger charge is -2.10. The third-order valence-corrected chi connectivity index (χ3v) is 3.86. The minimum absolute atomic E-state index is 0.0633. The summed E-state index contributed by atoms with van der Waals surface area (Å²) in [5.41, 5.74) is 0.419. The Morgan fingerprint density at radius 3 is 2.57 bits per heavy atom. The summed E-state index contributed by atoms with van der Waals surface area (Å²) >= 11 is 9.12. The summed E-state index contributed by atoms with van der Waals surface area (Å²) in [6.07, 6.45) is 0. The number of nitro groups is 1. The van der Waals surface area contributed by atoms with Gasteiger partial charge in [-0.25, -0.2) is 4.79 Å². The summed E-state index contributed by atoms with van der Waals surface area (Å²) in [7, 11) is 0. The number of nitrogens with zero attached hydrogens (tertiary/aromatic N) is 1. The number of benzene rings is 2. The second-order valence-corrected chi connectivity index (χ2v) is 5.31. The van der Waals surface area contributed by atoms with E-state index in [1.807, 2.05) is 0 Å². The first-order valence-corrected chi connectivity index (χ1v) is 6.79. The van der Waals surface area contributed by atoms with Crippen molar-refractivity contribution in [2.75, 3.05) is 5.32 Å². The summed E-state index contributed by atoms with van der Waals surface area (Å²) in [5.74, 6) is -1.18. The lowest BCUT2D eigenvalue weighted by Crippen LogP contribution is -2.03. The van der Waals surface area contributed by atoms with Gasteiger partial charge in [0.2, 0.25) is 0 Å². The standard InChI is InChI=1S/C13H8BrClN2O4/c14-10-5-7(1-4-11(10)15)16-12-6-8(17(20)21)2-3-9(12)13(18)19/h1-6,16H,(H,18,19). The number of carbonyl (C=O) groups is 1. The van der Waals surface area contributed by atoms with E-state index in [0.717, 1.165) is 6.07 Å². The maximum absolute atomic E-state index is 11.2. The van der Waals surface area contributed by atoms with Crippen molar-refractivity contribution in [2.24, 2.45) is 0 Å². The Balaban J connectivity index is 2.45. The minimum Gasteiger partial charge on any atom is -0.478 e. The zero-order valence-corrected chi connectivity index (χ0v) is 12.7. The molecule has 0 aliphatic rings. The SMILES string of the molecule is O=C(O)c1ccc([N+](=O)[O-])cc1Nc1ccc(Cl)c(Br)c1. The molecule has 0 radical (unpaired) electrons. The van der Waals surface area contributed by atoms with Gasteiger partial charge in [-0.3, -0.25) is 10.1 Å². The predicted octanol–water partition coefficient (Wildman–Crippen LogP) is 4.45. The Morgan fingerprint density at radius 1 is 1.29 bits per heavy atom. The number of hydrogen-bond donors (Lipinski definition) is 2. The van der Waals surface area contributed by atoms with Crippen LogP contribution in [0.3, 0.4) is 0 Å². The van der Waals surface area contributed by atoms with Crippen LogP contribution in [-0.4, -0.2) is 16.0 Å². The van der Waals surface area contributed by atoms with Crippen LogP contribution in [0, 0.1) is 10.1 Å². The molecular formula is C13H8BrClN2O4. The molecule has 0 bridgehead atoms. The van der Waals surface area contributed by atoms with Gasteiger partial charge in [0.15, 0.2) is 0 Å². The Kier molecular flexibility index (Phi) is 4.44. The van der Waals surface area contributed by atoms with Crippen molar-refractivity contribution in [3.63, 3.8) is 0 Å². The number of carboxylic acids is 1. The van der Waals surface area contributed by atoms with Crippen LogP contribution in [0.15, 0.2) is 40.9 Å². The van der Waals surface area contributed by atoms with Crippen LogP contribution in [0.2, 0.25) is 5.02 Å². The Bertz CT molecular complexity index is 736. The van der Waals surface area contributed by atoms with Gasteiger partial charge in [0.05, 0.1) is 21.2 Å². The highest BCUT2D eigenvalue weighted by molar-refractivity contribution is 9.10. The molecule has 8 heteroatoms. The monoisotopic (exact) mass is 370 g/mol. The lowest BCUT2D eigenvalue weighted by molar-refractivity contribution is -0.384. The van der Waals surface area contributed by atoms with E-state index in [-0.39, 0.29) is 16.9 Å². The van der Waals surface area contributed by atoms with Gasteiger partial charge in [0.25, 0.3) is 5.69 Å². The number of non-ortho nitro benzene ring substituents is 1. The van der Waals surface area contributed by atoms with Crippen LogP contribution in [0.1, 0.15) is 10.4 Å². The van der Waals surface area contributed by atoms with Gasteiger partial charge < -0.3 is 10.4 Å². The van der Waals surface area contributed by atoms with Gasteiger partial charge in [-0.15, -0.1) is 0 Å². The van der Waals surface area contributed by atoms with Gasteiger partial charge >= 0.3 is 5.97 Å². The molecule has 2 aromatic rings. The number of aromatic carboxylic acids is 1. The molecule has 0 aliphatic heterocycles. The summed E-state index contributed by atoms with van der Waals surface area (Å²) < 4.78 is 0.622. The van der Waals surface area contributed by atoms with Crippen molar-refractivity contribution < 1.29 is 14.8 Å². The fourth-order valence-electron chi connectivity index (χ4n) is 1.67. The molecule has 0 saturated carbocycles. The van der Waals surface area contributed by atoms with Crippen molar-refractivity contribution in [1.82, 2.24) is 0 Å². The second kappa shape index (κ2) is 6.11. The average Bonchev–Trinajstić information content (AvgIpc) is 2.42. The van der Waals surface area contributed by atoms with Crippen molar-refractivity contribution in [3.8, 4) is 0 Å². The molecule has 0 fully saturated rings. The number of hydrogen-bond acceptors (Lipinski definition) is 4. The first-order valence-electron chi connectivity index (χ1n) is 5.62. The molecule has 0 aromatic heterocycles. The molecule has 0 heterocycles. The predicted molar refractivity (Wildman–Crippen MR) is 82.5 cm³/mol. The molecule has 21 heavy (non-hydrogen) atoms. The maximum atomic E-state index is 11.2. The zero-order valence-electron chi connectivity index (χ0n) is 10.3. The highest BCUT2D eigenvalue weighted by atomic mass is 79.9. The van der Waals surface area contributed by atoms with Crippen LogP contribution < -0.4 is 5.32 Å². The number of carboxylic acid groups (broad SMARTS) is 1. The van der Waals surface area contributed by atoms with Crippen LogP contribution >= 0.6 is 27.5 Å². The summed E-state index contributed by atoms with van der Waals surface area (Å²) in [4.78, 5) is 21.4. The normalized spacial score (nSPS) is 10.2. The van der Waals surface area contributed by atoms with Gasteiger partial charge in [0, 0.05) is 22.3 Å². The molecule has 2 aromatic carbocycles. The molecular weight excluding hydrogens is 364 g/mol. The van der Waals surface area contributed by atoms with Gasteiger partial charge in [0.1, 0.15) is 0 Å². The fraction of sp³-hybridized carbons (Fsp3) is 0. The topological polar surface area (TPSA) is 92.5 Å². The quantitative estimate of drug-likeness (QED) is 0.612.